The summed E-state index contributed by atoms with van der Waals surface area (Å²) in [6, 6.07) is 3.91. The first-order valence-corrected chi connectivity index (χ1v) is 8.11. The van der Waals surface area contributed by atoms with E-state index >= 15 is 0 Å². The lowest BCUT2D eigenvalue weighted by Crippen LogP contribution is -2.22. The van der Waals surface area contributed by atoms with Crippen LogP contribution < -0.4 is 11.1 Å². The minimum Gasteiger partial charge on any atom is -0.347 e. The van der Waals surface area contributed by atoms with Gasteiger partial charge in [-0.3, -0.25) is 4.79 Å². The van der Waals surface area contributed by atoms with Crippen molar-refractivity contribution in [1.29, 1.82) is 0 Å². The maximum absolute atomic E-state index is 12.1. The number of thiophene rings is 2. The molecule has 0 spiro atoms. The molecule has 2 rings (SSSR count). The SMILES string of the molecule is CCc1ccsc1CNC(=O)c1csc(C#CCN)c1. The van der Waals surface area contributed by atoms with Crippen LogP contribution in [0.15, 0.2) is 22.9 Å². The van der Waals surface area contributed by atoms with Crippen molar-refractivity contribution in [3.8, 4) is 11.8 Å². The summed E-state index contributed by atoms with van der Waals surface area (Å²) in [7, 11) is 0. The van der Waals surface area contributed by atoms with Crippen molar-refractivity contribution in [2.24, 2.45) is 5.73 Å². The van der Waals surface area contributed by atoms with Crippen LogP contribution in [0.4, 0.5) is 0 Å². The molecule has 2 heterocycles. The summed E-state index contributed by atoms with van der Waals surface area (Å²) >= 11 is 3.14. The quantitative estimate of drug-likeness (QED) is 0.853. The molecule has 2 aromatic rings. The van der Waals surface area contributed by atoms with Gasteiger partial charge in [-0.05, 0) is 29.5 Å². The highest BCUT2D eigenvalue weighted by atomic mass is 32.1. The Morgan fingerprint density at radius 2 is 2.30 bits per heavy atom. The summed E-state index contributed by atoms with van der Waals surface area (Å²) < 4.78 is 0. The highest BCUT2D eigenvalue weighted by Gasteiger charge is 2.09. The first-order valence-electron chi connectivity index (χ1n) is 6.35. The predicted octanol–water partition coefficient (Wildman–Crippen LogP) is 2.61. The molecule has 5 heteroatoms. The van der Waals surface area contributed by atoms with Crippen LogP contribution in [0.25, 0.3) is 0 Å². The highest BCUT2D eigenvalue weighted by Crippen LogP contribution is 2.18. The minimum atomic E-state index is -0.0579. The lowest BCUT2D eigenvalue weighted by molar-refractivity contribution is 0.0951. The van der Waals surface area contributed by atoms with Crippen molar-refractivity contribution in [3.05, 3.63) is 43.8 Å². The van der Waals surface area contributed by atoms with E-state index in [9.17, 15) is 4.79 Å². The van der Waals surface area contributed by atoms with Crippen molar-refractivity contribution in [1.82, 2.24) is 5.32 Å². The number of carbonyl (C=O) groups is 1. The Morgan fingerprint density at radius 3 is 3.05 bits per heavy atom. The molecule has 0 saturated heterocycles. The largest absolute Gasteiger partial charge is 0.347 e. The second kappa shape index (κ2) is 7.25. The van der Waals surface area contributed by atoms with Gasteiger partial charge in [-0.15, -0.1) is 22.7 Å². The fourth-order valence-corrected chi connectivity index (χ4v) is 3.43. The fraction of sp³-hybridized carbons (Fsp3) is 0.267. The van der Waals surface area contributed by atoms with Gasteiger partial charge >= 0.3 is 0 Å². The average molecular weight is 304 g/mol. The molecule has 0 aliphatic carbocycles. The van der Waals surface area contributed by atoms with Gasteiger partial charge in [-0.2, -0.15) is 0 Å². The lowest BCUT2D eigenvalue weighted by atomic mass is 10.2. The molecule has 0 fully saturated rings. The Labute approximate surface area is 126 Å². The van der Waals surface area contributed by atoms with Crippen LogP contribution in [-0.2, 0) is 13.0 Å². The van der Waals surface area contributed by atoms with Crippen molar-refractivity contribution in [3.63, 3.8) is 0 Å². The molecular formula is C15H16N2OS2. The Bertz CT molecular complexity index is 646. The number of hydrogen-bond acceptors (Lipinski definition) is 4. The predicted molar refractivity (Wildman–Crippen MR) is 85.1 cm³/mol. The van der Waals surface area contributed by atoms with E-state index in [2.05, 4.69) is 35.5 Å². The molecule has 3 nitrogen and oxygen atoms in total. The number of rotatable bonds is 4. The molecular weight excluding hydrogens is 288 g/mol. The first-order chi connectivity index (χ1) is 9.74. The summed E-state index contributed by atoms with van der Waals surface area (Å²) in [6.45, 7) is 3.03. The van der Waals surface area contributed by atoms with Gasteiger partial charge in [-0.1, -0.05) is 18.8 Å². The Kier molecular flexibility index (Phi) is 5.36. The van der Waals surface area contributed by atoms with Crippen molar-refractivity contribution >= 4 is 28.6 Å². The van der Waals surface area contributed by atoms with Gasteiger partial charge in [0, 0.05) is 10.3 Å². The van der Waals surface area contributed by atoms with Crippen LogP contribution in [0.3, 0.4) is 0 Å². The molecule has 0 radical (unpaired) electrons. The molecule has 0 bridgehead atoms. The number of nitrogens with one attached hydrogen (secondary N) is 1. The van der Waals surface area contributed by atoms with Gasteiger partial charge in [-0.25, -0.2) is 0 Å². The smallest absolute Gasteiger partial charge is 0.252 e. The Balaban J connectivity index is 1.96. The van der Waals surface area contributed by atoms with Crippen LogP contribution in [0, 0.1) is 11.8 Å². The number of carbonyl (C=O) groups excluding carboxylic acids is 1. The fourth-order valence-electron chi connectivity index (χ4n) is 1.76. The zero-order valence-electron chi connectivity index (χ0n) is 11.2. The Morgan fingerprint density at radius 1 is 1.45 bits per heavy atom. The van der Waals surface area contributed by atoms with Gasteiger partial charge in [0.15, 0.2) is 0 Å². The molecule has 104 valence electrons. The van der Waals surface area contributed by atoms with Gasteiger partial charge in [0.1, 0.15) is 0 Å². The normalized spacial score (nSPS) is 9.90. The van der Waals surface area contributed by atoms with Gasteiger partial charge in [0.25, 0.3) is 5.91 Å². The van der Waals surface area contributed by atoms with Crippen LogP contribution in [0.2, 0.25) is 0 Å². The third-order valence-electron chi connectivity index (χ3n) is 2.80. The lowest BCUT2D eigenvalue weighted by Gasteiger charge is -2.03. The summed E-state index contributed by atoms with van der Waals surface area (Å²) in [4.78, 5) is 14.1. The van der Waals surface area contributed by atoms with Crippen LogP contribution in [-0.4, -0.2) is 12.5 Å². The van der Waals surface area contributed by atoms with Crippen molar-refractivity contribution in [2.45, 2.75) is 19.9 Å². The van der Waals surface area contributed by atoms with Crippen molar-refractivity contribution in [2.75, 3.05) is 6.54 Å². The van der Waals surface area contributed by atoms with E-state index in [1.807, 2.05) is 5.38 Å². The molecule has 0 aromatic carbocycles. The topological polar surface area (TPSA) is 55.1 Å². The Hall–Kier alpha value is -1.61. The number of aryl methyl sites for hydroxylation is 1. The van der Waals surface area contributed by atoms with E-state index in [0.717, 1.165) is 11.3 Å². The molecule has 3 N–H and O–H groups in total. The number of nitrogens with two attached hydrogens (primary N) is 1. The van der Waals surface area contributed by atoms with Crippen LogP contribution in [0.5, 0.6) is 0 Å². The highest BCUT2D eigenvalue weighted by molar-refractivity contribution is 7.11. The van der Waals surface area contributed by atoms with Crippen LogP contribution in [0.1, 0.15) is 32.6 Å². The molecule has 0 atom stereocenters. The third kappa shape index (κ3) is 3.70. The zero-order valence-corrected chi connectivity index (χ0v) is 12.9. The summed E-state index contributed by atoms with van der Waals surface area (Å²) in [6.07, 6.45) is 0.992. The molecule has 0 saturated carbocycles. The van der Waals surface area contributed by atoms with Gasteiger partial charge in [0.05, 0.1) is 23.5 Å². The van der Waals surface area contributed by atoms with Gasteiger partial charge < -0.3 is 11.1 Å². The summed E-state index contributed by atoms with van der Waals surface area (Å²) in [5.41, 5.74) is 7.28. The summed E-state index contributed by atoms with van der Waals surface area (Å²) in [5, 5.41) is 6.84. The molecule has 0 aliphatic heterocycles. The molecule has 2 aromatic heterocycles. The van der Waals surface area contributed by atoms with E-state index in [-0.39, 0.29) is 5.91 Å². The van der Waals surface area contributed by atoms with E-state index in [1.54, 1.807) is 17.4 Å². The van der Waals surface area contributed by atoms with E-state index in [4.69, 9.17) is 5.73 Å². The second-order valence-electron chi connectivity index (χ2n) is 4.11. The molecule has 0 unspecified atom stereocenters. The van der Waals surface area contributed by atoms with E-state index in [1.165, 1.54) is 21.8 Å². The first kappa shape index (κ1) is 14.8. The number of amides is 1. The minimum absolute atomic E-state index is 0.0579. The van der Waals surface area contributed by atoms with Crippen molar-refractivity contribution < 1.29 is 4.79 Å². The van der Waals surface area contributed by atoms with Crippen LogP contribution >= 0.6 is 22.7 Å². The molecule has 1 amide bonds. The van der Waals surface area contributed by atoms with E-state index in [0.29, 0.717) is 18.7 Å². The third-order valence-corrected chi connectivity index (χ3v) is 4.61. The summed E-state index contributed by atoms with van der Waals surface area (Å²) in [5.74, 6) is 5.66. The second-order valence-corrected chi connectivity index (χ2v) is 6.02. The zero-order chi connectivity index (χ0) is 14.4. The maximum Gasteiger partial charge on any atom is 0.252 e. The van der Waals surface area contributed by atoms with Gasteiger partial charge in [0.2, 0.25) is 0 Å². The van der Waals surface area contributed by atoms with E-state index < -0.39 is 0 Å². The standard InChI is InChI=1S/C15H16N2OS2/c1-2-11-5-7-19-14(11)9-17-15(18)12-8-13(20-10-12)4-3-6-16/h5,7-8,10H,2,6,9,16H2,1H3,(H,17,18). The number of hydrogen-bond donors (Lipinski definition) is 2. The monoisotopic (exact) mass is 304 g/mol. The maximum atomic E-state index is 12.1. The molecule has 0 aliphatic rings. The average Bonchev–Trinajstić information content (AvgIpc) is 3.11. The molecule has 20 heavy (non-hydrogen) atoms.